The third-order valence-electron chi connectivity index (χ3n) is 3.98. The van der Waals surface area contributed by atoms with Crippen LogP contribution < -0.4 is 19.5 Å². The summed E-state index contributed by atoms with van der Waals surface area (Å²) in [6.45, 7) is 19.7. The fourth-order valence-corrected chi connectivity index (χ4v) is 4.58. The van der Waals surface area contributed by atoms with Gasteiger partial charge in [0.1, 0.15) is 34.1 Å². The number of halogens is 1. The van der Waals surface area contributed by atoms with Crippen LogP contribution in [0.1, 0.15) is 78.2 Å². The maximum absolute atomic E-state index is 13.4. The van der Waals surface area contributed by atoms with Crippen LogP contribution in [0, 0.1) is 6.92 Å². The van der Waals surface area contributed by atoms with Gasteiger partial charge in [0.25, 0.3) is 0 Å². The summed E-state index contributed by atoms with van der Waals surface area (Å²) in [5.41, 5.74) is -0.0174. The average molecular weight is 486 g/mol. The van der Waals surface area contributed by atoms with Crippen molar-refractivity contribution in [1.82, 2.24) is 0 Å². The second-order valence-electron chi connectivity index (χ2n) is 10.8. The first-order valence-electron chi connectivity index (χ1n) is 10.8. The zero-order chi connectivity index (χ0) is 24.5. The Labute approximate surface area is 218 Å². The molecule has 0 fully saturated rings. The third kappa shape index (κ3) is 9.54. The summed E-state index contributed by atoms with van der Waals surface area (Å²) in [4.78, 5) is 13.4. The third-order valence-corrected chi connectivity index (χ3v) is 5.52. The molecule has 4 nitrogen and oxygen atoms in total. The van der Waals surface area contributed by atoms with Crippen LogP contribution in [-0.4, -0.2) is 41.2 Å². The zero-order valence-electron chi connectivity index (χ0n) is 21.9. The van der Waals surface area contributed by atoms with E-state index < -0.39 is 16.8 Å². The van der Waals surface area contributed by atoms with E-state index in [2.05, 4.69) is 0 Å². The Hall–Kier alpha value is -1.17. The van der Waals surface area contributed by atoms with Gasteiger partial charge in [-0.25, -0.2) is 0 Å². The summed E-state index contributed by atoms with van der Waals surface area (Å²) in [7, 11) is -0.227. The quantitative estimate of drug-likeness (QED) is 0.328. The van der Waals surface area contributed by atoms with Crippen molar-refractivity contribution in [3.8, 4) is 17.2 Å². The molecule has 7 heteroatoms. The topological polar surface area (TPSA) is 44.8 Å². The Morgan fingerprint density at radius 2 is 1.27 bits per heavy atom. The van der Waals surface area contributed by atoms with Crippen LogP contribution in [0.25, 0.3) is 0 Å². The predicted molar refractivity (Wildman–Crippen MR) is 142 cm³/mol. The van der Waals surface area contributed by atoms with Gasteiger partial charge in [0.05, 0.1) is 10.3 Å². The standard InChI is InChI=1S/C26H36ClO4P.Li/c1-16-12-11-13-18(27)21(16)23(28)32-22-19(30-25(5,6)7)14-17(29-24(2,3)4)15-20(22)31-26(8,9)10;/h11-15,32H,1-10H3;. The average Bonchev–Trinajstić information content (AvgIpc) is 2.53. The number of hydrogen-bond donors (Lipinski definition) is 0. The molecule has 1 unspecified atom stereocenters. The van der Waals surface area contributed by atoms with Crippen molar-refractivity contribution >= 4 is 49.9 Å². The summed E-state index contributed by atoms with van der Waals surface area (Å²) in [6, 6.07) is 9.18. The molecule has 2 aromatic rings. The number of hydrogen-bond acceptors (Lipinski definition) is 4. The second-order valence-corrected chi connectivity index (χ2v) is 12.4. The Balaban J connectivity index is 0.00000544. The molecule has 0 aliphatic carbocycles. The van der Waals surface area contributed by atoms with E-state index in [0.29, 0.717) is 33.1 Å². The number of carbonyl (C=O) groups is 1. The maximum Gasteiger partial charge on any atom is 0.187 e. The largest absolute Gasteiger partial charge is 0.488 e. The van der Waals surface area contributed by atoms with E-state index in [1.807, 2.05) is 93.5 Å². The predicted octanol–water partition coefficient (Wildman–Crippen LogP) is 6.94. The monoisotopic (exact) mass is 485 g/mol. The van der Waals surface area contributed by atoms with Crippen LogP contribution in [0.2, 0.25) is 5.02 Å². The molecule has 0 spiro atoms. The molecule has 1 atom stereocenters. The minimum atomic E-state index is -0.470. The van der Waals surface area contributed by atoms with Crippen molar-refractivity contribution in [2.45, 2.75) is 86.0 Å². The summed E-state index contributed by atoms with van der Waals surface area (Å²) >= 11 is 6.38. The van der Waals surface area contributed by atoms with Crippen LogP contribution in [-0.2, 0) is 0 Å². The fourth-order valence-electron chi connectivity index (χ4n) is 3.02. The van der Waals surface area contributed by atoms with Crippen LogP contribution in [0.3, 0.4) is 0 Å². The van der Waals surface area contributed by atoms with Crippen molar-refractivity contribution in [3.63, 3.8) is 0 Å². The summed E-state index contributed by atoms with van der Waals surface area (Å²) in [5, 5.41) is 1.16. The van der Waals surface area contributed by atoms with Gasteiger partial charge in [-0.2, -0.15) is 0 Å². The number of aryl methyl sites for hydroxylation is 1. The zero-order valence-corrected chi connectivity index (χ0v) is 23.7. The molecule has 0 N–H and O–H groups in total. The molecule has 177 valence electrons. The smallest absolute Gasteiger partial charge is 0.187 e. The Morgan fingerprint density at radius 1 is 0.818 bits per heavy atom. The van der Waals surface area contributed by atoms with Gasteiger partial charge < -0.3 is 14.2 Å². The van der Waals surface area contributed by atoms with Gasteiger partial charge in [-0.1, -0.05) is 23.7 Å². The molecule has 0 aliphatic rings. The summed E-state index contributed by atoms with van der Waals surface area (Å²) in [6.07, 6.45) is 0. The summed E-state index contributed by atoms with van der Waals surface area (Å²) in [5.74, 6) is 1.79. The van der Waals surface area contributed by atoms with Gasteiger partial charge in [0.15, 0.2) is 5.52 Å². The molecule has 0 saturated heterocycles. The van der Waals surface area contributed by atoms with Gasteiger partial charge in [0.2, 0.25) is 0 Å². The minimum Gasteiger partial charge on any atom is -0.488 e. The first-order chi connectivity index (χ1) is 14.5. The van der Waals surface area contributed by atoms with Gasteiger partial charge in [0, 0.05) is 36.6 Å². The molecule has 2 aromatic carbocycles. The van der Waals surface area contributed by atoms with Crippen LogP contribution >= 0.6 is 20.2 Å². The number of benzene rings is 2. The van der Waals surface area contributed by atoms with E-state index >= 15 is 0 Å². The van der Waals surface area contributed by atoms with Crippen molar-refractivity contribution in [2.75, 3.05) is 0 Å². The summed E-state index contributed by atoms with van der Waals surface area (Å²) < 4.78 is 18.7. The SMILES string of the molecule is Cc1cccc(Cl)c1C(=O)Pc1c(OC(C)(C)C)cc(OC(C)(C)C)cc1OC(C)(C)C.[Li]. The van der Waals surface area contributed by atoms with E-state index in [4.69, 9.17) is 25.8 Å². The molecule has 0 bridgehead atoms. The minimum absolute atomic E-state index is 0. The van der Waals surface area contributed by atoms with E-state index in [0.717, 1.165) is 5.56 Å². The molecule has 1 radical (unpaired) electrons. The van der Waals surface area contributed by atoms with Gasteiger partial charge in [-0.05, 0) is 89.4 Å². The molecule has 0 heterocycles. The maximum atomic E-state index is 13.4. The fraction of sp³-hybridized carbons (Fsp3) is 0.500. The molecule has 0 saturated carbocycles. The van der Waals surface area contributed by atoms with Crippen molar-refractivity contribution < 1.29 is 19.0 Å². The van der Waals surface area contributed by atoms with Crippen molar-refractivity contribution in [3.05, 3.63) is 46.5 Å². The Bertz CT molecular complexity index is 928. The van der Waals surface area contributed by atoms with Crippen LogP contribution in [0.4, 0.5) is 0 Å². The van der Waals surface area contributed by atoms with Gasteiger partial charge in [-0.15, -0.1) is 0 Å². The molecule has 0 aromatic heterocycles. The molecule has 0 aliphatic heterocycles. The van der Waals surface area contributed by atoms with Crippen molar-refractivity contribution in [2.24, 2.45) is 0 Å². The molecule has 2 rings (SSSR count). The number of ether oxygens (including phenoxy) is 3. The van der Waals surface area contributed by atoms with E-state index in [1.165, 1.54) is 0 Å². The molecule has 33 heavy (non-hydrogen) atoms. The van der Waals surface area contributed by atoms with Gasteiger partial charge in [-0.3, -0.25) is 4.79 Å². The Morgan fingerprint density at radius 3 is 1.67 bits per heavy atom. The van der Waals surface area contributed by atoms with E-state index in [9.17, 15) is 4.79 Å². The molecular formula is C26H36ClLiO4P. The van der Waals surface area contributed by atoms with Crippen molar-refractivity contribution in [1.29, 1.82) is 0 Å². The van der Waals surface area contributed by atoms with E-state index in [1.54, 1.807) is 6.07 Å². The second kappa shape index (κ2) is 11.0. The Kier molecular flexibility index (Phi) is 10.00. The molecule has 0 amide bonds. The van der Waals surface area contributed by atoms with Crippen LogP contribution in [0.5, 0.6) is 17.2 Å². The number of rotatable bonds is 6. The number of carbonyl (C=O) groups excluding carboxylic acids is 1. The molecular weight excluding hydrogens is 450 g/mol. The van der Waals surface area contributed by atoms with E-state index in [-0.39, 0.29) is 33.0 Å². The van der Waals surface area contributed by atoms with Crippen LogP contribution in [0.15, 0.2) is 30.3 Å². The van der Waals surface area contributed by atoms with Gasteiger partial charge >= 0.3 is 0 Å². The first-order valence-corrected chi connectivity index (χ1v) is 12.1. The normalized spacial score (nSPS) is 12.5. The first kappa shape index (κ1) is 29.9.